The van der Waals surface area contributed by atoms with Crippen molar-refractivity contribution < 1.29 is 14.4 Å². The molecule has 2 fully saturated rings. The van der Waals surface area contributed by atoms with Crippen molar-refractivity contribution >= 4 is 17.7 Å². The van der Waals surface area contributed by atoms with Crippen LogP contribution in [0.5, 0.6) is 0 Å². The molecule has 1 aliphatic heterocycles. The fourth-order valence-electron chi connectivity index (χ4n) is 3.27. The van der Waals surface area contributed by atoms with E-state index in [1.165, 1.54) is 0 Å². The van der Waals surface area contributed by atoms with Crippen LogP contribution in [-0.2, 0) is 4.79 Å². The van der Waals surface area contributed by atoms with Crippen LogP contribution in [0.15, 0.2) is 30.3 Å². The Morgan fingerprint density at radius 2 is 1.86 bits per heavy atom. The zero-order chi connectivity index (χ0) is 15.7. The molecule has 1 saturated carbocycles. The second kappa shape index (κ2) is 5.55. The van der Waals surface area contributed by atoms with Crippen LogP contribution >= 0.6 is 0 Å². The molecule has 1 N–H and O–H groups in total. The van der Waals surface area contributed by atoms with Gasteiger partial charge in [-0.05, 0) is 31.6 Å². The van der Waals surface area contributed by atoms with E-state index >= 15 is 0 Å². The number of hydrogen-bond acceptors (Lipinski definition) is 3. The van der Waals surface area contributed by atoms with E-state index in [2.05, 4.69) is 12.2 Å². The summed E-state index contributed by atoms with van der Waals surface area (Å²) in [6.45, 7) is 1.97. The van der Waals surface area contributed by atoms with Crippen LogP contribution in [-0.4, -0.2) is 34.7 Å². The van der Waals surface area contributed by atoms with Crippen LogP contribution in [0, 0.1) is 5.92 Å². The molecule has 116 valence electrons. The van der Waals surface area contributed by atoms with E-state index in [-0.39, 0.29) is 18.2 Å². The minimum atomic E-state index is -0.777. The molecular weight excluding hydrogens is 280 g/mol. The van der Waals surface area contributed by atoms with Gasteiger partial charge in [0.15, 0.2) is 5.78 Å². The summed E-state index contributed by atoms with van der Waals surface area (Å²) in [6.07, 6.45) is 3.17. The lowest BCUT2D eigenvalue weighted by Gasteiger charge is -2.33. The van der Waals surface area contributed by atoms with Gasteiger partial charge in [0, 0.05) is 5.56 Å². The second-order valence-electron chi connectivity index (χ2n) is 6.38. The van der Waals surface area contributed by atoms with Gasteiger partial charge in [0.25, 0.3) is 5.91 Å². The molecule has 0 unspecified atom stereocenters. The van der Waals surface area contributed by atoms with E-state index in [0.29, 0.717) is 24.3 Å². The molecule has 2 aliphatic rings. The van der Waals surface area contributed by atoms with Gasteiger partial charge in [0.2, 0.25) is 0 Å². The summed E-state index contributed by atoms with van der Waals surface area (Å²) in [5.41, 5.74) is -0.262. The molecule has 3 rings (SSSR count). The Balaban J connectivity index is 1.74. The molecule has 1 heterocycles. The van der Waals surface area contributed by atoms with Crippen LogP contribution in [0.3, 0.4) is 0 Å². The Morgan fingerprint density at radius 3 is 2.50 bits per heavy atom. The van der Waals surface area contributed by atoms with Crippen LogP contribution < -0.4 is 5.32 Å². The van der Waals surface area contributed by atoms with E-state index in [0.717, 1.165) is 17.7 Å². The zero-order valence-electron chi connectivity index (χ0n) is 12.7. The van der Waals surface area contributed by atoms with Gasteiger partial charge in [-0.3, -0.25) is 14.5 Å². The Labute approximate surface area is 129 Å². The first-order valence-electron chi connectivity index (χ1n) is 7.74. The minimum absolute atomic E-state index is 0.189. The number of imide groups is 1. The van der Waals surface area contributed by atoms with Crippen molar-refractivity contribution in [2.45, 2.75) is 38.1 Å². The summed E-state index contributed by atoms with van der Waals surface area (Å²) >= 11 is 0. The number of amides is 3. The van der Waals surface area contributed by atoms with Crippen molar-refractivity contribution in [2.75, 3.05) is 6.54 Å². The highest BCUT2D eigenvalue weighted by Crippen LogP contribution is 2.36. The summed E-state index contributed by atoms with van der Waals surface area (Å²) < 4.78 is 0. The number of hydrogen-bond donors (Lipinski definition) is 1. The highest BCUT2D eigenvalue weighted by atomic mass is 16.2. The lowest BCUT2D eigenvalue weighted by Crippen LogP contribution is -2.49. The predicted molar refractivity (Wildman–Crippen MR) is 81.4 cm³/mol. The maximum Gasteiger partial charge on any atom is 0.325 e. The quantitative estimate of drug-likeness (QED) is 0.688. The number of carbonyl (C=O) groups is 3. The molecule has 1 aliphatic carbocycles. The molecule has 1 aromatic rings. The lowest BCUT2D eigenvalue weighted by molar-refractivity contribution is -0.132. The van der Waals surface area contributed by atoms with Gasteiger partial charge in [-0.15, -0.1) is 0 Å². The van der Waals surface area contributed by atoms with Crippen molar-refractivity contribution in [3.8, 4) is 0 Å². The molecular formula is C17H20N2O3. The SMILES string of the molecule is CC1CCC2(CC1)NC(=O)N(CC(=O)c1ccccc1)C2=O. The van der Waals surface area contributed by atoms with Crippen molar-refractivity contribution in [1.29, 1.82) is 0 Å². The van der Waals surface area contributed by atoms with E-state index in [4.69, 9.17) is 0 Å². The molecule has 0 bridgehead atoms. The third-order valence-electron chi connectivity index (χ3n) is 4.77. The topological polar surface area (TPSA) is 66.5 Å². The highest BCUT2D eigenvalue weighted by Gasteiger charge is 2.52. The largest absolute Gasteiger partial charge is 0.325 e. The fourth-order valence-corrected chi connectivity index (χ4v) is 3.27. The van der Waals surface area contributed by atoms with Crippen molar-refractivity contribution in [3.63, 3.8) is 0 Å². The molecule has 3 amide bonds. The van der Waals surface area contributed by atoms with Crippen molar-refractivity contribution in [1.82, 2.24) is 10.2 Å². The second-order valence-corrected chi connectivity index (χ2v) is 6.38. The number of ketones is 1. The van der Waals surface area contributed by atoms with Gasteiger partial charge in [-0.1, -0.05) is 37.3 Å². The molecule has 5 heteroatoms. The van der Waals surface area contributed by atoms with Crippen LogP contribution in [0.4, 0.5) is 4.79 Å². The van der Waals surface area contributed by atoms with Gasteiger partial charge < -0.3 is 5.32 Å². The number of urea groups is 1. The predicted octanol–water partition coefficient (Wildman–Crippen LogP) is 2.37. The monoisotopic (exact) mass is 300 g/mol. The maximum atomic E-state index is 12.7. The first-order valence-corrected chi connectivity index (χ1v) is 7.74. The minimum Gasteiger partial charge on any atom is -0.323 e. The normalized spacial score (nSPS) is 28.0. The molecule has 22 heavy (non-hydrogen) atoms. The van der Waals surface area contributed by atoms with Crippen molar-refractivity contribution in [3.05, 3.63) is 35.9 Å². The van der Waals surface area contributed by atoms with Gasteiger partial charge in [-0.2, -0.15) is 0 Å². The number of nitrogens with one attached hydrogen (secondary N) is 1. The lowest BCUT2D eigenvalue weighted by atomic mass is 9.77. The number of Topliss-reactive ketones (excluding diaryl/α,β-unsaturated/α-hetero) is 1. The average molecular weight is 300 g/mol. The van der Waals surface area contributed by atoms with Gasteiger partial charge in [0.05, 0.1) is 6.54 Å². The van der Waals surface area contributed by atoms with Gasteiger partial charge in [0.1, 0.15) is 5.54 Å². The number of rotatable bonds is 3. The zero-order valence-corrected chi connectivity index (χ0v) is 12.7. The summed E-state index contributed by atoms with van der Waals surface area (Å²) in [6, 6.07) is 8.30. The Hall–Kier alpha value is -2.17. The first kappa shape index (κ1) is 14.8. The van der Waals surface area contributed by atoms with Gasteiger partial charge >= 0.3 is 6.03 Å². The number of nitrogens with zero attached hydrogens (tertiary/aromatic N) is 1. The molecule has 0 aromatic heterocycles. The summed E-state index contributed by atoms with van der Waals surface area (Å²) in [7, 11) is 0. The van der Waals surface area contributed by atoms with Crippen LogP contribution in [0.2, 0.25) is 0 Å². The standard InChI is InChI=1S/C17H20N2O3/c1-12-7-9-17(10-8-12)15(21)19(16(22)18-17)11-14(20)13-5-3-2-4-6-13/h2-6,12H,7-11H2,1H3,(H,18,22). The van der Waals surface area contributed by atoms with Gasteiger partial charge in [-0.25, -0.2) is 4.79 Å². The third kappa shape index (κ3) is 2.51. The molecule has 1 spiro atoms. The third-order valence-corrected chi connectivity index (χ3v) is 4.77. The number of benzene rings is 1. The summed E-state index contributed by atoms with van der Waals surface area (Å²) in [5.74, 6) is 0.120. The molecule has 1 saturated heterocycles. The van der Waals surface area contributed by atoms with Crippen LogP contribution in [0.1, 0.15) is 43.0 Å². The highest BCUT2D eigenvalue weighted by molar-refractivity contribution is 6.11. The maximum absolute atomic E-state index is 12.7. The molecule has 5 nitrogen and oxygen atoms in total. The first-order chi connectivity index (χ1) is 10.5. The molecule has 1 aromatic carbocycles. The van der Waals surface area contributed by atoms with Crippen molar-refractivity contribution in [2.24, 2.45) is 5.92 Å². The average Bonchev–Trinajstić information content (AvgIpc) is 2.76. The summed E-state index contributed by atoms with van der Waals surface area (Å²) in [5, 5.41) is 2.83. The fraction of sp³-hybridized carbons (Fsp3) is 0.471. The smallest absolute Gasteiger partial charge is 0.323 e. The Bertz CT molecular complexity index is 604. The summed E-state index contributed by atoms with van der Waals surface area (Å²) in [4.78, 5) is 38.1. The van der Waals surface area contributed by atoms with E-state index in [9.17, 15) is 14.4 Å². The van der Waals surface area contributed by atoms with E-state index < -0.39 is 11.6 Å². The van der Waals surface area contributed by atoms with E-state index in [1.54, 1.807) is 24.3 Å². The van der Waals surface area contributed by atoms with Crippen LogP contribution in [0.25, 0.3) is 0 Å². The Kier molecular flexibility index (Phi) is 3.72. The number of carbonyl (C=O) groups excluding carboxylic acids is 3. The Morgan fingerprint density at radius 1 is 1.23 bits per heavy atom. The molecule has 0 radical (unpaired) electrons. The van der Waals surface area contributed by atoms with E-state index in [1.807, 2.05) is 6.07 Å². The molecule has 0 atom stereocenters.